The fourth-order valence-corrected chi connectivity index (χ4v) is 5.59. The minimum absolute atomic E-state index is 0.228. The van der Waals surface area contributed by atoms with Gasteiger partial charge in [-0.3, -0.25) is 0 Å². The van der Waals surface area contributed by atoms with Crippen LogP contribution in [0.3, 0.4) is 0 Å². The summed E-state index contributed by atoms with van der Waals surface area (Å²) in [6.45, 7) is 1.77. The van der Waals surface area contributed by atoms with Crippen LogP contribution in [0.1, 0.15) is 56.7 Å². The summed E-state index contributed by atoms with van der Waals surface area (Å²) < 4.78 is 27.6. The van der Waals surface area contributed by atoms with Gasteiger partial charge < -0.3 is 4.90 Å². The molecule has 1 atom stereocenters. The van der Waals surface area contributed by atoms with Gasteiger partial charge in [-0.1, -0.05) is 19.3 Å². The third-order valence-corrected chi connectivity index (χ3v) is 6.60. The molecule has 1 aromatic heterocycles. The van der Waals surface area contributed by atoms with Crippen LogP contribution in [-0.4, -0.2) is 42.9 Å². The van der Waals surface area contributed by atoms with Crippen LogP contribution in [0.15, 0.2) is 0 Å². The Balaban J connectivity index is 1.64. The summed E-state index contributed by atoms with van der Waals surface area (Å²) in [5, 5.41) is 0.985. The predicted octanol–water partition coefficient (Wildman–Crippen LogP) is 2.85. The van der Waals surface area contributed by atoms with Gasteiger partial charge in [0.15, 0.2) is 0 Å². The number of piperidine rings is 1. The van der Waals surface area contributed by atoms with Crippen molar-refractivity contribution in [2.24, 2.45) is 5.92 Å². The van der Waals surface area contributed by atoms with Crippen molar-refractivity contribution < 1.29 is 8.42 Å². The van der Waals surface area contributed by atoms with Crippen molar-refractivity contribution in [3.05, 3.63) is 5.82 Å². The summed E-state index contributed by atoms with van der Waals surface area (Å²) in [5.41, 5.74) is 0. The van der Waals surface area contributed by atoms with E-state index >= 15 is 0 Å². The molecule has 1 saturated heterocycles. The molecule has 1 aromatic rings. The lowest BCUT2D eigenvalue weighted by Gasteiger charge is -2.31. The minimum Gasteiger partial charge on any atom is -0.347 e. The average Bonchev–Trinajstić information content (AvgIpc) is 2.96. The highest BCUT2D eigenvalue weighted by Crippen LogP contribution is 2.34. The van der Waals surface area contributed by atoms with Crippen LogP contribution in [0, 0.1) is 5.92 Å². The van der Waals surface area contributed by atoms with E-state index in [0.717, 1.165) is 36.9 Å². The Hall–Kier alpha value is -0.690. The van der Waals surface area contributed by atoms with Crippen LogP contribution in [0.4, 0.5) is 5.13 Å². The van der Waals surface area contributed by atoms with Crippen LogP contribution >= 0.6 is 11.5 Å². The van der Waals surface area contributed by atoms with E-state index in [1.165, 1.54) is 49.9 Å². The summed E-state index contributed by atoms with van der Waals surface area (Å²) >= 11 is 1.49. The number of sulfone groups is 1. The molecule has 0 bridgehead atoms. The SMILES string of the molecule is CS(=O)(=O)C[C@H]1CCCN(c2nc(C3CCCCC3)ns2)C1. The molecule has 22 heavy (non-hydrogen) atoms. The molecule has 1 aliphatic carbocycles. The van der Waals surface area contributed by atoms with Crippen LogP contribution in [0.25, 0.3) is 0 Å². The standard InChI is InChI=1S/C15H25N3O2S2/c1-22(19,20)11-12-6-5-9-18(10-12)15-16-14(17-21-15)13-7-3-2-4-8-13/h12-13H,2-11H2,1H3/t12-/m0/s1. The summed E-state index contributed by atoms with van der Waals surface area (Å²) in [7, 11) is -2.90. The van der Waals surface area contributed by atoms with Crippen molar-refractivity contribution in [2.45, 2.75) is 50.9 Å². The Kier molecular flexibility index (Phi) is 5.02. The van der Waals surface area contributed by atoms with Gasteiger partial charge >= 0.3 is 0 Å². The van der Waals surface area contributed by atoms with Crippen LogP contribution in [-0.2, 0) is 9.84 Å². The van der Waals surface area contributed by atoms with Crippen molar-refractivity contribution in [3.8, 4) is 0 Å². The van der Waals surface area contributed by atoms with E-state index in [1.807, 2.05) is 0 Å². The highest BCUT2D eigenvalue weighted by atomic mass is 32.2. The molecule has 7 heteroatoms. The quantitative estimate of drug-likeness (QED) is 0.841. The lowest BCUT2D eigenvalue weighted by Crippen LogP contribution is -2.38. The molecule has 0 amide bonds. The van der Waals surface area contributed by atoms with Gasteiger partial charge in [0.05, 0.1) is 5.75 Å². The number of rotatable bonds is 4. The first kappa shape index (κ1) is 16.2. The molecule has 0 aromatic carbocycles. The van der Waals surface area contributed by atoms with Gasteiger partial charge in [0.1, 0.15) is 15.7 Å². The third kappa shape index (κ3) is 4.19. The largest absolute Gasteiger partial charge is 0.347 e. The maximum atomic E-state index is 11.5. The van der Waals surface area contributed by atoms with Crippen molar-refractivity contribution >= 4 is 26.5 Å². The molecule has 0 spiro atoms. The summed E-state index contributed by atoms with van der Waals surface area (Å²) in [5.74, 6) is 2.07. The maximum Gasteiger partial charge on any atom is 0.205 e. The summed E-state index contributed by atoms with van der Waals surface area (Å²) in [6.07, 6.45) is 9.72. The van der Waals surface area contributed by atoms with E-state index in [4.69, 9.17) is 4.98 Å². The lowest BCUT2D eigenvalue weighted by atomic mass is 9.89. The summed E-state index contributed by atoms with van der Waals surface area (Å²) in [4.78, 5) is 7.01. The topological polar surface area (TPSA) is 63.2 Å². The molecule has 3 rings (SSSR count). The maximum absolute atomic E-state index is 11.5. The molecule has 2 heterocycles. The second-order valence-corrected chi connectivity index (χ2v) is 9.73. The number of hydrogen-bond acceptors (Lipinski definition) is 6. The van der Waals surface area contributed by atoms with E-state index < -0.39 is 9.84 Å². The van der Waals surface area contributed by atoms with Crippen molar-refractivity contribution in [3.63, 3.8) is 0 Å². The minimum atomic E-state index is -2.90. The Morgan fingerprint density at radius 2 is 1.95 bits per heavy atom. The van der Waals surface area contributed by atoms with Gasteiger partial charge in [0, 0.05) is 36.8 Å². The average molecular weight is 344 g/mol. The molecule has 2 aliphatic rings. The Bertz CT molecular complexity index is 594. The van der Waals surface area contributed by atoms with E-state index in [2.05, 4.69) is 9.27 Å². The van der Waals surface area contributed by atoms with Crippen LogP contribution in [0.2, 0.25) is 0 Å². The zero-order valence-electron chi connectivity index (χ0n) is 13.2. The van der Waals surface area contributed by atoms with Gasteiger partial charge in [-0.05, 0) is 31.6 Å². The first-order valence-electron chi connectivity index (χ1n) is 8.27. The molecule has 1 aliphatic heterocycles. The van der Waals surface area contributed by atoms with Crippen molar-refractivity contribution in [2.75, 3.05) is 30.0 Å². The number of aromatic nitrogens is 2. The summed E-state index contributed by atoms with van der Waals surface area (Å²) in [6, 6.07) is 0. The molecule has 2 fully saturated rings. The Morgan fingerprint density at radius 1 is 1.18 bits per heavy atom. The first-order valence-corrected chi connectivity index (χ1v) is 11.1. The van der Waals surface area contributed by atoms with E-state index in [9.17, 15) is 8.42 Å². The first-order chi connectivity index (χ1) is 10.5. The molecule has 5 nitrogen and oxygen atoms in total. The Morgan fingerprint density at radius 3 is 2.68 bits per heavy atom. The number of hydrogen-bond donors (Lipinski definition) is 0. The number of nitrogens with zero attached hydrogens (tertiary/aromatic N) is 3. The second-order valence-electron chi connectivity index (χ2n) is 6.82. The van der Waals surface area contributed by atoms with Gasteiger partial charge in [0.25, 0.3) is 0 Å². The third-order valence-electron chi connectivity index (χ3n) is 4.73. The fourth-order valence-electron chi connectivity index (χ4n) is 3.68. The van der Waals surface area contributed by atoms with E-state index in [-0.39, 0.29) is 11.7 Å². The van der Waals surface area contributed by atoms with Crippen LogP contribution < -0.4 is 4.90 Å². The van der Waals surface area contributed by atoms with Crippen molar-refractivity contribution in [1.29, 1.82) is 0 Å². The monoisotopic (exact) mass is 343 g/mol. The fraction of sp³-hybridized carbons (Fsp3) is 0.867. The zero-order chi connectivity index (χ0) is 15.6. The Labute approximate surface area is 137 Å². The molecule has 0 unspecified atom stereocenters. The highest BCUT2D eigenvalue weighted by Gasteiger charge is 2.26. The molecule has 124 valence electrons. The molecular weight excluding hydrogens is 318 g/mol. The molecule has 0 N–H and O–H groups in total. The smallest absolute Gasteiger partial charge is 0.205 e. The van der Waals surface area contributed by atoms with Gasteiger partial charge in [-0.25, -0.2) is 13.4 Å². The van der Waals surface area contributed by atoms with Crippen LogP contribution in [0.5, 0.6) is 0 Å². The normalized spacial score (nSPS) is 24.6. The molecular formula is C15H25N3O2S2. The molecule has 0 radical (unpaired) electrons. The lowest BCUT2D eigenvalue weighted by molar-refractivity contribution is 0.429. The van der Waals surface area contributed by atoms with E-state index in [0.29, 0.717) is 5.92 Å². The van der Waals surface area contributed by atoms with E-state index in [1.54, 1.807) is 0 Å². The van der Waals surface area contributed by atoms with Gasteiger partial charge in [-0.15, -0.1) is 0 Å². The van der Waals surface area contributed by atoms with Gasteiger partial charge in [-0.2, -0.15) is 4.37 Å². The van der Waals surface area contributed by atoms with Gasteiger partial charge in [0.2, 0.25) is 5.13 Å². The number of anilines is 1. The molecule has 1 saturated carbocycles. The second kappa shape index (κ2) is 6.83. The highest BCUT2D eigenvalue weighted by molar-refractivity contribution is 7.90. The predicted molar refractivity (Wildman–Crippen MR) is 90.4 cm³/mol. The van der Waals surface area contributed by atoms with Crippen molar-refractivity contribution in [1.82, 2.24) is 9.36 Å². The zero-order valence-corrected chi connectivity index (χ0v) is 14.8.